The standard InChI is InChI=1S/C16H27NO/c1-16(2,3)13-8-6-12(7-9-13)15(17)11-14-5-4-10-18-14/h4-5,10,12-13,15H,6-9,11,17H2,1-3H3. The van der Waals surface area contributed by atoms with Gasteiger partial charge in [0.1, 0.15) is 5.76 Å². The molecule has 102 valence electrons. The van der Waals surface area contributed by atoms with Crippen molar-refractivity contribution in [2.45, 2.75) is 58.9 Å². The van der Waals surface area contributed by atoms with Gasteiger partial charge in [0.15, 0.2) is 0 Å². The second-order valence-electron chi connectivity index (χ2n) is 6.93. The summed E-state index contributed by atoms with van der Waals surface area (Å²) in [7, 11) is 0. The van der Waals surface area contributed by atoms with Gasteiger partial charge in [0.25, 0.3) is 0 Å². The Kier molecular flexibility index (Phi) is 4.16. The van der Waals surface area contributed by atoms with Gasteiger partial charge in [-0.3, -0.25) is 0 Å². The van der Waals surface area contributed by atoms with Gasteiger partial charge in [0, 0.05) is 12.5 Å². The Bertz CT molecular complexity index is 342. The monoisotopic (exact) mass is 249 g/mol. The van der Waals surface area contributed by atoms with Crippen LogP contribution in [0.4, 0.5) is 0 Å². The molecule has 2 rings (SSSR count). The quantitative estimate of drug-likeness (QED) is 0.879. The van der Waals surface area contributed by atoms with Gasteiger partial charge in [-0.2, -0.15) is 0 Å². The van der Waals surface area contributed by atoms with Crippen molar-refractivity contribution in [2.24, 2.45) is 23.0 Å². The third-order valence-electron chi connectivity index (χ3n) is 4.62. The van der Waals surface area contributed by atoms with Gasteiger partial charge in [-0.05, 0) is 55.1 Å². The van der Waals surface area contributed by atoms with Crippen molar-refractivity contribution in [1.29, 1.82) is 0 Å². The lowest BCUT2D eigenvalue weighted by Gasteiger charge is -2.38. The minimum atomic E-state index is 0.261. The van der Waals surface area contributed by atoms with Crippen molar-refractivity contribution in [3.05, 3.63) is 24.2 Å². The second-order valence-corrected chi connectivity index (χ2v) is 6.93. The van der Waals surface area contributed by atoms with Gasteiger partial charge in [-0.1, -0.05) is 20.8 Å². The number of nitrogens with two attached hydrogens (primary N) is 1. The predicted molar refractivity (Wildman–Crippen MR) is 75.3 cm³/mol. The molecule has 1 aliphatic rings. The highest BCUT2D eigenvalue weighted by atomic mass is 16.3. The molecule has 2 nitrogen and oxygen atoms in total. The highest BCUT2D eigenvalue weighted by Crippen LogP contribution is 2.40. The Morgan fingerprint density at radius 3 is 2.44 bits per heavy atom. The van der Waals surface area contributed by atoms with E-state index < -0.39 is 0 Å². The highest BCUT2D eigenvalue weighted by Gasteiger charge is 2.31. The van der Waals surface area contributed by atoms with Gasteiger partial charge in [-0.25, -0.2) is 0 Å². The van der Waals surface area contributed by atoms with E-state index in [-0.39, 0.29) is 6.04 Å². The van der Waals surface area contributed by atoms with Crippen LogP contribution in [0.1, 0.15) is 52.2 Å². The topological polar surface area (TPSA) is 39.2 Å². The van der Waals surface area contributed by atoms with Crippen LogP contribution in [0.5, 0.6) is 0 Å². The first-order chi connectivity index (χ1) is 8.47. The predicted octanol–water partition coefficient (Wildman–Crippen LogP) is 4.00. The van der Waals surface area contributed by atoms with Crippen LogP contribution in [-0.4, -0.2) is 6.04 Å². The molecule has 1 heterocycles. The summed E-state index contributed by atoms with van der Waals surface area (Å²) >= 11 is 0. The summed E-state index contributed by atoms with van der Waals surface area (Å²) in [5, 5.41) is 0. The lowest BCUT2D eigenvalue weighted by atomic mass is 9.68. The van der Waals surface area contributed by atoms with E-state index in [0.717, 1.165) is 18.1 Å². The average Bonchev–Trinajstić information content (AvgIpc) is 2.81. The van der Waals surface area contributed by atoms with Crippen LogP contribution in [0.3, 0.4) is 0 Å². The van der Waals surface area contributed by atoms with Gasteiger partial charge in [-0.15, -0.1) is 0 Å². The van der Waals surface area contributed by atoms with E-state index in [9.17, 15) is 0 Å². The summed E-state index contributed by atoms with van der Waals surface area (Å²) in [6.07, 6.45) is 7.85. The van der Waals surface area contributed by atoms with Crippen LogP contribution in [-0.2, 0) is 6.42 Å². The molecule has 0 spiro atoms. The fourth-order valence-corrected chi connectivity index (χ4v) is 3.24. The molecule has 1 aromatic rings. The molecule has 0 aliphatic heterocycles. The Labute approximate surface area is 111 Å². The van der Waals surface area contributed by atoms with E-state index in [2.05, 4.69) is 20.8 Å². The maximum atomic E-state index is 6.33. The van der Waals surface area contributed by atoms with Crippen LogP contribution in [0.2, 0.25) is 0 Å². The molecule has 1 unspecified atom stereocenters. The normalized spacial score (nSPS) is 27.1. The number of furan rings is 1. The van der Waals surface area contributed by atoms with E-state index in [4.69, 9.17) is 10.2 Å². The van der Waals surface area contributed by atoms with Gasteiger partial charge < -0.3 is 10.2 Å². The van der Waals surface area contributed by atoms with E-state index in [1.165, 1.54) is 25.7 Å². The third kappa shape index (κ3) is 3.38. The molecule has 2 N–H and O–H groups in total. The first-order valence-corrected chi connectivity index (χ1v) is 7.25. The average molecular weight is 249 g/mol. The summed E-state index contributed by atoms with van der Waals surface area (Å²) in [5.41, 5.74) is 6.79. The summed E-state index contributed by atoms with van der Waals surface area (Å²) in [6, 6.07) is 4.23. The van der Waals surface area contributed by atoms with Crippen LogP contribution in [0.15, 0.2) is 22.8 Å². The highest BCUT2D eigenvalue weighted by molar-refractivity contribution is 5.01. The van der Waals surface area contributed by atoms with Crippen molar-refractivity contribution >= 4 is 0 Å². The van der Waals surface area contributed by atoms with Crippen LogP contribution in [0, 0.1) is 17.3 Å². The maximum Gasteiger partial charge on any atom is 0.105 e. The van der Waals surface area contributed by atoms with E-state index >= 15 is 0 Å². The Morgan fingerprint density at radius 2 is 1.94 bits per heavy atom. The molecule has 0 saturated heterocycles. The molecule has 0 radical (unpaired) electrons. The SMILES string of the molecule is CC(C)(C)C1CCC(C(N)Cc2ccco2)CC1. The van der Waals surface area contributed by atoms with Crippen molar-refractivity contribution in [1.82, 2.24) is 0 Å². The number of hydrogen-bond donors (Lipinski definition) is 1. The zero-order chi connectivity index (χ0) is 13.2. The Hall–Kier alpha value is -0.760. The molecule has 1 saturated carbocycles. The summed E-state index contributed by atoms with van der Waals surface area (Å²) < 4.78 is 5.39. The summed E-state index contributed by atoms with van der Waals surface area (Å²) in [4.78, 5) is 0. The van der Waals surface area contributed by atoms with Crippen LogP contribution < -0.4 is 5.73 Å². The summed E-state index contributed by atoms with van der Waals surface area (Å²) in [5.74, 6) is 2.57. The molecule has 1 atom stereocenters. The number of rotatable bonds is 3. The lowest BCUT2D eigenvalue weighted by molar-refractivity contribution is 0.138. The lowest BCUT2D eigenvalue weighted by Crippen LogP contribution is -2.36. The molecule has 0 amide bonds. The summed E-state index contributed by atoms with van der Waals surface area (Å²) in [6.45, 7) is 7.09. The van der Waals surface area contributed by atoms with Crippen molar-refractivity contribution < 1.29 is 4.42 Å². The van der Waals surface area contributed by atoms with E-state index in [1.54, 1.807) is 6.26 Å². The van der Waals surface area contributed by atoms with E-state index in [0.29, 0.717) is 11.3 Å². The molecule has 0 bridgehead atoms. The molecule has 1 aromatic heterocycles. The van der Waals surface area contributed by atoms with Crippen molar-refractivity contribution in [2.75, 3.05) is 0 Å². The smallest absolute Gasteiger partial charge is 0.105 e. The molecule has 1 aliphatic carbocycles. The molecule has 1 fully saturated rings. The van der Waals surface area contributed by atoms with Crippen molar-refractivity contribution in [3.63, 3.8) is 0 Å². The maximum absolute atomic E-state index is 6.33. The second kappa shape index (κ2) is 5.48. The van der Waals surface area contributed by atoms with Crippen LogP contribution >= 0.6 is 0 Å². The molecule has 2 heteroatoms. The van der Waals surface area contributed by atoms with Crippen molar-refractivity contribution in [3.8, 4) is 0 Å². The number of hydrogen-bond acceptors (Lipinski definition) is 2. The first kappa shape index (κ1) is 13.7. The van der Waals surface area contributed by atoms with Gasteiger partial charge >= 0.3 is 0 Å². The minimum Gasteiger partial charge on any atom is -0.469 e. The van der Waals surface area contributed by atoms with Gasteiger partial charge in [0.05, 0.1) is 6.26 Å². The minimum absolute atomic E-state index is 0.261. The van der Waals surface area contributed by atoms with Crippen LogP contribution in [0.25, 0.3) is 0 Å². The third-order valence-corrected chi connectivity index (χ3v) is 4.62. The van der Waals surface area contributed by atoms with E-state index in [1.807, 2.05) is 12.1 Å². The zero-order valence-electron chi connectivity index (χ0n) is 12.0. The Balaban J connectivity index is 1.82. The Morgan fingerprint density at radius 1 is 1.28 bits per heavy atom. The zero-order valence-corrected chi connectivity index (χ0v) is 12.0. The molecular weight excluding hydrogens is 222 g/mol. The largest absolute Gasteiger partial charge is 0.469 e. The van der Waals surface area contributed by atoms with Gasteiger partial charge in [0.2, 0.25) is 0 Å². The first-order valence-electron chi connectivity index (χ1n) is 7.25. The molecular formula is C16H27NO. The molecule has 0 aromatic carbocycles. The fraction of sp³-hybridized carbons (Fsp3) is 0.750. The molecule has 18 heavy (non-hydrogen) atoms. The fourth-order valence-electron chi connectivity index (χ4n) is 3.24.